The van der Waals surface area contributed by atoms with Gasteiger partial charge in [0.15, 0.2) is 0 Å². The van der Waals surface area contributed by atoms with Gasteiger partial charge in [-0.1, -0.05) is 72.8 Å². The monoisotopic (exact) mass is 485 g/mol. The molecule has 4 aromatic carbocycles. The second-order valence-corrected chi connectivity index (χ2v) is 9.88. The summed E-state index contributed by atoms with van der Waals surface area (Å²) in [5.74, 6) is 0.929. The maximum absolute atomic E-state index is 4.77. The van der Waals surface area contributed by atoms with Crippen LogP contribution in [-0.4, -0.2) is 14.5 Å². The topological polar surface area (TPSA) is 30.7 Å². The molecule has 8 rings (SSSR count). The van der Waals surface area contributed by atoms with Gasteiger partial charge in [0.1, 0.15) is 5.82 Å². The highest BCUT2D eigenvalue weighted by Crippen LogP contribution is 2.46. The molecule has 1 aliphatic rings. The second kappa shape index (κ2) is 8.25. The van der Waals surface area contributed by atoms with E-state index in [1.54, 1.807) is 0 Å². The number of benzene rings is 4. The van der Waals surface area contributed by atoms with E-state index in [-0.39, 0.29) is 0 Å². The molecular weight excluding hydrogens is 462 g/mol. The van der Waals surface area contributed by atoms with Gasteiger partial charge < -0.3 is 0 Å². The zero-order valence-corrected chi connectivity index (χ0v) is 20.7. The summed E-state index contributed by atoms with van der Waals surface area (Å²) < 4.78 is 2.32. The van der Waals surface area contributed by atoms with Gasteiger partial charge in [-0.25, -0.2) is 4.98 Å². The first-order chi connectivity index (χ1) is 18.8. The van der Waals surface area contributed by atoms with Crippen LogP contribution in [0.2, 0.25) is 0 Å². The quantitative estimate of drug-likeness (QED) is 0.251. The molecule has 7 aromatic rings. The highest BCUT2D eigenvalue weighted by atomic mass is 15.1. The van der Waals surface area contributed by atoms with Gasteiger partial charge in [-0.2, -0.15) is 0 Å². The minimum Gasteiger partial charge on any atom is -0.294 e. The van der Waals surface area contributed by atoms with Crippen LogP contribution in [0.25, 0.3) is 61.1 Å². The normalized spacial score (nSPS) is 12.1. The Morgan fingerprint density at radius 3 is 2.24 bits per heavy atom. The molecule has 38 heavy (non-hydrogen) atoms. The SMILES string of the molecule is c1ccc(-c2cccc(-c3ccc4c5c6c(ccc5n(-c5ccccn5)c4c3)Cc3ccccc3-6)c2)nc1. The lowest BCUT2D eigenvalue weighted by Crippen LogP contribution is -1.96. The summed E-state index contributed by atoms with van der Waals surface area (Å²) in [6.45, 7) is 0. The Balaban J connectivity index is 1.41. The van der Waals surface area contributed by atoms with Gasteiger partial charge in [0.05, 0.1) is 16.7 Å². The Labute approximate surface area is 220 Å². The molecule has 3 nitrogen and oxygen atoms in total. The molecule has 3 heteroatoms. The van der Waals surface area contributed by atoms with E-state index in [4.69, 9.17) is 4.98 Å². The third-order valence-electron chi connectivity index (χ3n) is 7.72. The predicted octanol–water partition coefficient (Wildman–Crippen LogP) is 8.48. The molecule has 0 unspecified atom stereocenters. The van der Waals surface area contributed by atoms with Crippen molar-refractivity contribution in [1.82, 2.24) is 14.5 Å². The van der Waals surface area contributed by atoms with Crippen molar-refractivity contribution in [1.29, 1.82) is 0 Å². The van der Waals surface area contributed by atoms with Crippen molar-refractivity contribution in [2.24, 2.45) is 0 Å². The zero-order valence-electron chi connectivity index (χ0n) is 20.7. The lowest BCUT2D eigenvalue weighted by atomic mass is 9.97. The van der Waals surface area contributed by atoms with Crippen molar-refractivity contribution in [2.45, 2.75) is 6.42 Å². The van der Waals surface area contributed by atoms with Crippen molar-refractivity contribution in [2.75, 3.05) is 0 Å². The Bertz CT molecular complexity index is 1990. The van der Waals surface area contributed by atoms with Gasteiger partial charge in [0.25, 0.3) is 0 Å². The zero-order chi connectivity index (χ0) is 25.1. The van der Waals surface area contributed by atoms with Gasteiger partial charge in [0, 0.05) is 28.7 Å². The van der Waals surface area contributed by atoms with Crippen molar-refractivity contribution < 1.29 is 0 Å². The van der Waals surface area contributed by atoms with E-state index in [1.807, 2.05) is 30.6 Å². The van der Waals surface area contributed by atoms with Crippen LogP contribution < -0.4 is 0 Å². The molecule has 3 aromatic heterocycles. The van der Waals surface area contributed by atoms with Gasteiger partial charge in [-0.3, -0.25) is 9.55 Å². The molecule has 0 fully saturated rings. The molecule has 1 aliphatic carbocycles. The third kappa shape index (κ3) is 3.15. The number of aromatic nitrogens is 3. The summed E-state index contributed by atoms with van der Waals surface area (Å²) in [5.41, 5.74) is 12.3. The van der Waals surface area contributed by atoms with Gasteiger partial charge in [0.2, 0.25) is 0 Å². The lowest BCUT2D eigenvalue weighted by Gasteiger charge is -2.09. The third-order valence-corrected chi connectivity index (χ3v) is 7.72. The Morgan fingerprint density at radius 1 is 0.553 bits per heavy atom. The molecule has 0 atom stereocenters. The maximum Gasteiger partial charge on any atom is 0.137 e. The summed E-state index contributed by atoms with van der Waals surface area (Å²) in [6, 6.07) is 41.0. The largest absolute Gasteiger partial charge is 0.294 e. The van der Waals surface area contributed by atoms with Crippen molar-refractivity contribution in [3.8, 4) is 39.3 Å². The minimum atomic E-state index is 0.929. The first-order valence-corrected chi connectivity index (χ1v) is 13.0. The summed E-state index contributed by atoms with van der Waals surface area (Å²) in [4.78, 5) is 9.33. The molecule has 0 bridgehead atoms. The van der Waals surface area contributed by atoms with E-state index in [0.29, 0.717) is 0 Å². The van der Waals surface area contributed by atoms with Crippen LogP contribution in [0.1, 0.15) is 11.1 Å². The summed E-state index contributed by atoms with van der Waals surface area (Å²) >= 11 is 0. The van der Waals surface area contributed by atoms with E-state index >= 15 is 0 Å². The number of hydrogen-bond donors (Lipinski definition) is 0. The molecule has 178 valence electrons. The summed E-state index contributed by atoms with van der Waals surface area (Å²) in [6.07, 6.45) is 4.70. The van der Waals surface area contributed by atoms with Crippen LogP contribution in [-0.2, 0) is 6.42 Å². The second-order valence-electron chi connectivity index (χ2n) is 9.88. The molecule has 0 spiro atoms. The molecule has 0 saturated heterocycles. The molecule has 3 heterocycles. The van der Waals surface area contributed by atoms with Crippen LogP contribution in [0.15, 0.2) is 128 Å². The molecule has 0 saturated carbocycles. The smallest absolute Gasteiger partial charge is 0.137 e. The number of rotatable bonds is 3. The molecule has 0 amide bonds. The number of hydrogen-bond acceptors (Lipinski definition) is 2. The maximum atomic E-state index is 4.77. The Kier molecular flexibility index (Phi) is 4.58. The average molecular weight is 486 g/mol. The van der Waals surface area contributed by atoms with Gasteiger partial charge in [-0.15, -0.1) is 0 Å². The number of fused-ring (bicyclic) bond motifs is 7. The Hall–Kier alpha value is -5.02. The molecule has 0 aliphatic heterocycles. The molecule has 0 N–H and O–H groups in total. The van der Waals surface area contributed by atoms with Crippen molar-refractivity contribution in [3.05, 3.63) is 139 Å². The standard InChI is InChI=1S/C35H23N3/c1-2-11-28-25(8-1)21-27-15-17-31-35(34(27)28)29-16-14-24(22-32(29)38(31)33-13-4-6-19-37-33)23-9-7-10-26(20-23)30-12-3-5-18-36-30/h1-20,22H,21H2. The van der Waals surface area contributed by atoms with Gasteiger partial charge in [-0.05, 0) is 82.3 Å². The predicted molar refractivity (Wildman–Crippen MR) is 155 cm³/mol. The summed E-state index contributed by atoms with van der Waals surface area (Å²) in [7, 11) is 0. The lowest BCUT2D eigenvalue weighted by molar-refractivity contribution is 1.08. The Morgan fingerprint density at radius 2 is 1.37 bits per heavy atom. The van der Waals surface area contributed by atoms with E-state index in [2.05, 4.69) is 107 Å². The first-order valence-electron chi connectivity index (χ1n) is 13.0. The van der Waals surface area contributed by atoms with Crippen LogP contribution >= 0.6 is 0 Å². The first kappa shape index (κ1) is 21.1. The highest BCUT2D eigenvalue weighted by Gasteiger charge is 2.25. The van der Waals surface area contributed by atoms with Crippen LogP contribution in [0.4, 0.5) is 0 Å². The minimum absolute atomic E-state index is 0.929. The van der Waals surface area contributed by atoms with E-state index in [1.165, 1.54) is 49.7 Å². The summed E-state index contributed by atoms with van der Waals surface area (Å²) in [5, 5.41) is 2.56. The van der Waals surface area contributed by atoms with Crippen molar-refractivity contribution >= 4 is 21.8 Å². The van der Waals surface area contributed by atoms with Gasteiger partial charge >= 0.3 is 0 Å². The molecule has 0 radical (unpaired) electrons. The number of nitrogens with zero attached hydrogens (tertiary/aromatic N) is 3. The number of pyridine rings is 2. The van der Waals surface area contributed by atoms with E-state index in [0.717, 1.165) is 29.0 Å². The average Bonchev–Trinajstić information content (AvgIpc) is 3.53. The fourth-order valence-corrected chi connectivity index (χ4v) is 6.03. The fraction of sp³-hybridized carbons (Fsp3) is 0.0286. The van der Waals surface area contributed by atoms with Crippen LogP contribution in [0.3, 0.4) is 0 Å². The highest BCUT2D eigenvalue weighted by molar-refractivity contribution is 6.17. The van der Waals surface area contributed by atoms with Crippen LogP contribution in [0.5, 0.6) is 0 Å². The fourth-order valence-electron chi connectivity index (χ4n) is 6.03. The molecular formula is C35H23N3. The van der Waals surface area contributed by atoms with Crippen molar-refractivity contribution in [3.63, 3.8) is 0 Å². The van der Waals surface area contributed by atoms with E-state index in [9.17, 15) is 0 Å². The van der Waals surface area contributed by atoms with E-state index < -0.39 is 0 Å². The van der Waals surface area contributed by atoms with Crippen LogP contribution in [0, 0.1) is 0 Å².